The molecule has 3 heterocycles. The molecule has 1 unspecified atom stereocenters. The minimum absolute atomic E-state index is 0.393. The molecule has 1 aliphatic heterocycles. The maximum absolute atomic E-state index is 9.96. The first kappa shape index (κ1) is 15.1. The van der Waals surface area contributed by atoms with E-state index in [0.29, 0.717) is 17.5 Å². The summed E-state index contributed by atoms with van der Waals surface area (Å²) in [7, 11) is 0. The van der Waals surface area contributed by atoms with Gasteiger partial charge in [-0.3, -0.25) is 0 Å². The summed E-state index contributed by atoms with van der Waals surface area (Å²) in [4.78, 5) is 15.6. The summed E-state index contributed by atoms with van der Waals surface area (Å²) in [6.07, 6.45) is 5.57. The molecule has 1 atom stereocenters. The van der Waals surface area contributed by atoms with Crippen LogP contribution in [-0.4, -0.2) is 33.1 Å². The minimum Gasteiger partial charge on any atom is -0.508 e. The molecule has 6 heteroatoms. The van der Waals surface area contributed by atoms with Gasteiger partial charge in [-0.2, -0.15) is 0 Å². The molecule has 0 bridgehead atoms. The smallest absolute Gasteiger partial charge is 0.190 e. The van der Waals surface area contributed by atoms with Crippen LogP contribution in [0, 0.1) is 5.92 Å². The Balaban J connectivity index is 1.47. The number of aromatic hydroxyl groups is 1. The van der Waals surface area contributed by atoms with Crippen molar-refractivity contribution in [2.75, 3.05) is 18.0 Å². The fourth-order valence-electron chi connectivity index (χ4n) is 3.16. The van der Waals surface area contributed by atoms with Gasteiger partial charge < -0.3 is 10.0 Å². The highest BCUT2D eigenvalue weighted by Gasteiger charge is 2.24. The topological polar surface area (TPSA) is 62.1 Å². The number of nitrogens with zero attached hydrogens (tertiary/aromatic N) is 4. The highest BCUT2D eigenvalue weighted by atomic mass is 32.1. The fourth-order valence-corrected chi connectivity index (χ4v) is 3.74. The molecule has 122 valence electrons. The van der Waals surface area contributed by atoms with Gasteiger partial charge >= 0.3 is 0 Å². The number of para-hydroxylation sites is 1. The van der Waals surface area contributed by atoms with E-state index >= 15 is 0 Å². The van der Waals surface area contributed by atoms with E-state index in [2.05, 4.69) is 19.9 Å². The zero-order valence-electron chi connectivity index (χ0n) is 13.2. The molecule has 0 amide bonds. The summed E-state index contributed by atoms with van der Waals surface area (Å²) in [5, 5.41) is 12.7. The van der Waals surface area contributed by atoms with E-state index in [1.165, 1.54) is 0 Å². The average Bonchev–Trinajstić information content (AvgIpc) is 3.29. The Hall–Kier alpha value is -2.47. The van der Waals surface area contributed by atoms with Gasteiger partial charge in [0.25, 0.3) is 0 Å². The zero-order chi connectivity index (χ0) is 16.4. The first-order chi connectivity index (χ1) is 11.8. The molecule has 1 aliphatic rings. The molecule has 4 rings (SSSR count). The third-order valence-corrected chi connectivity index (χ3v) is 5.14. The summed E-state index contributed by atoms with van der Waals surface area (Å²) >= 11 is 1.55. The summed E-state index contributed by atoms with van der Waals surface area (Å²) in [6.45, 7) is 1.93. The number of rotatable bonds is 4. The Bertz CT molecular complexity index is 821. The zero-order valence-corrected chi connectivity index (χ0v) is 14.0. The number of phenols is 1. The number of aromatic nitrogens is 3. The van der Waals surface area contributed by atoms with E-state index in [1.807, 2.05) is 29.6 Å². The normalized spacial score (nSPS) is 17.3. The quantitative estimate of drug-likeness (QED) is 0.790. The monoisotopic (exact) mass is 338 g/mol. The standard InChI is InChI=1S/C18H18N4OS/c23-15-4-2-1-3-14(15)11-13-6-9-22(12-13)16-5-7-19-17(21-16)18-20-8-10-24-18/h1-5,7-8,10,13,23H,6,9,11-12H2. The van der Waals surface area contributed by atoms with Crippen LogP contribution in [0.4, 0.5) is 5.82 Å². The van der Waals surface area contributed by atoms with Crippen molar-refractivity contribution in [1.82, 2.24) is 15.0 Å². The summed E-state index contributed by atoms with van der Waals surface area (Å²) < 4.78 is 0. The van der Waals surface area contributed by atoms with Gasteiger partial charge in [-0.25, -0.2) is 15.0 Å². The van der Waals surface area contributed by atoms with Crippen molar-refractivity contribution in [2.24, 2.45) is 5.92 Å². The molecule has 1 saturated heterocycles. The van der Waals surface area contributed by atoms with E-state index in [-0.39, 0.29) is 0 Å². The third-order valence-electron chi connectivity index (χ3n) is 4.37. The van der Waals surface area contributed by atoms with Gasteiger partial charge in [0.05, 0.1) is 0 Å². The molecule has 1 N–H and O–H groups in total. The number of anilines is 1. The molecule has 0 radical (unpaired) electrons. The number of hydrogen-bond donors (Lipinski definition) is 1. The molecule has 1 aromatic carbocycles. The van der Waals surface area contributed by atoms with Gasteiger partial charge in [0.15, 0.2) is 10.8 Å². The highest BCUT2D eigenvalue weighted by molar-refractivity contribution is 7.13. The van der Waals surface area contributed by atoms with Gasteiger partial charge in [0.1, 0.15) is 11.6 Å². The van der Waals surface area contributed by atoms with Crippen LogP contribution in [0.2, 0.25) is 0 Å². The van der Waals surface area contributed by atoms with Crippen LogP contribution in [0.3, 0.4) is 0 Å². The van der Waals surface area contributed by atoms with Crippen molar-refractivity contribution in [1.29, 1.82) is 0 Å². The predicted molar refractivity (Wildman–Crippen MR) is 95.3 cm³/mol. The third kappa shape index (κ3) is 3.10. The minimum atomic E-state index is 0.393. The molecular weight excluding hydrogens is 320 g/mol. The van der Waals surface area contributed by atoms with E-state index in [9.17, 15) is 5.11 Å². The van der Waals surface area contributed by atoms with Gasteiger partial charge in [0, 0.05) is 30.9 Å². The van der Waals surface area contributed by atoms with E-state index < -0.39 is 0 Å². The van der Waals surface area contributed by atoms with Crippen molar-refractivity contribution in [3.8, 4) is 16.6 Å². The SMILES string of the molecule is Oc1ccccc1CC1CCN(c2ccnc(-c3nccs3)n2)C1. The summed E-state index contributed by atoms with van der Waals surface area (Å²) in [5.41, 5.74) is 1.02. The van der Waals surface area contributed by atoms with Crippen molar-refractivity contribution in [3.63, 3.8) is 0 Å². The van der Waals surface area contributed by atoms with E-state index in [4.69, 9.17) is 0 Å². The predicted octanol–water partition coefficient (Wildman–Crippen LogP) is 3.37. The molecule has 0 saturated carbocycles. The maximum Gasteiger partial charge on any atom is 0.190 e. The van der Waals surface area contributed by atoms with Crippen LogP contribution >= 0.6 is 11.3 Å². The van der Waals surface area contributed by atoms with Gasteiger partial charge in [-0.1, -0.05) is 18.2 Å². The molecule has 1 fully saturated rings. The lowest BCUT2D eigenvalue weighted by molar-refractivity contribution is 0.459. The molecule has 5 nitrogen and oxygen atoms in total. The number of phenolic OH excluding ortho intramolecular Hbond substituents is 1. The average molecular weight is 338 g/mol. The second-order valence-corrected chi connectivity index (χ2v) is 6.90. The number of hydrogen-bond acceptors (Lipinski definition) is 6. The first-order valence-corrected chi connectivity index (χ1v) is 8.92. The second kappa shape index (κ2) is 6.57. The molecule has 0 spiro atoms. The highest BCUT2D eigenvalue weighted by Crippen LogP contribution is 2.28. The molecule has 3 aromatic rings. The lowest BCUT2D eigenvalue weighted by Crippen LogP contribution is -2.21. The van der Waals surface area contributed by atoms with Crippen molar-refractivity contribution >= 4 is 17.2 Å². The molecule has 2 aromatic heterocycles. The van der Waals surface area contributed by atoms with Gasteiger partial charge in [-0.15, -0.1) is 11.3 Å². The van der Waals surface area contributed by atoms with Crippen LogP contribution in [0.5, 0.6) is 5.75 Å². The Morgan fingerprint density at radius 1 is 1.17 bits per heavy atom. The second-order valence-electron chi connectivity index (χ2n) is 6.01. The van der Waals surface area contributed by atoms with E-state index in [1.54, 1.807) is 29.8 Å². The van der Waals surface area contributed by atoms with Crippen LogP contribution in [0.15, 0.2) is 48.1 Å². The van der Waals surface area contributed by atoms with Crippen LogP contribution < -0.4 is 4.90 Å². The number of thiazole rings is 1. The lowest BCUT2D eigenvalue weighted by atomic mass is 9.98. The van der Waals surface area contributed by atoms with Crippen LogP contribution in [0.1, 0.15) is 12.0 Å². The van der Waals surface area contributed by atoms with Crippen molar-refractivity contribution in [2.45, 2.75) is 12.8 Å². The lowest BCUT2D eigenvalue weighted by Gasteiger charge is -2.18. The Morgan fingerprint density at radius 3 is 2.92 bits per heavy atom. The first-order valence-electron chi connectivity index (χ1n) is 8.04. The van der Waals surface area contributed by atoms with Gasteiger partial charge in [-0.05, 0) is 36.5 Å². The number of benzene rings is 1. The maximum atomic E-state index is 9.96. The summed E-state index contributed by atoms with van der Waals surface area (Å²) in [5.74, 6) is 2.56. The van der Waals surface area contributed by atoms with Crippen LogP contribution in [-0.2, 0) is 6.42 Å². The molecule has 0 aliphatic carbocycles. The van der Waals surface area contributed by atoms with Crippen molar-refractivity contribution in [3.05, 3.63) is 53.7 Å². The van der Waals surface area contributed by atoms with Crippen LogP contribution in [0.25, 0.3) is 10.8 Å². The fraction of sp³-hybridized carbons (Fsp3) is 0.278. The Labute approximate surface area is 144 Å². The molecular formula is C18H18N4OS. The van der Waals surface area contributed by atoms with Crippen molar-refractivity contribution < 1.29 is 5.11 Å². The Kier molecular flexibility index (Phi) is 4.13. The summed E-state index contributed by atoms with van der Waals surface area (Å²) in [6, 6.07) is 9.56. The largest absolute Gasteiger partial charge is 0.508 e. The molecule has 24 heavy (non-hydrogen) atoms. The van der Waals surface area contributed by atoms with E-state index in [0.717, 1.165) is 42.3 Å². The Morgan fingerprint density at radius 2 is 2.08 bits per heavy atom. The van der Waals surface area contributed by atoms with Gasteiger partial charge in [0.2, 0.25) is 0 Å².